The lowest BCUT2D eigenvalue weighted by atomic mass is 10.1. The highest BCUT2D eigenvalue weighted by molar-refractivity contribution is 6.35. The molecule has 2 amide bonds. The van der Waals surface area contributed by atoms with Gasteiger partial charge in [-0.25, -0.2) is 5.43 Å². The van der Waals surface area contributed by atoms with Gasteiger partial charge in [-0.15, -0.1) is 0 Å². The van der Waals surface area contributed by atoms with Crippen molar-refractivity contribution in [3.63, 3.8) is 0 Å². The number of Topliss-reactive ketones (excluding diaryl/α,β-unsaturated/α-hetero) is 1. The average molecular weight is 397 g/mol. The number of ketones is 1. The van der Waals surface area contributed by atoms with Crippen molar-refractivity contribution in [3.05, 3.63) is 113 Å². The van der Waals surface area contributed by atoms with E-state index < -0.39 is 11.8 Å². The summed E-state index contributed by atoms with van der Waals surface area (Å²) in [5.41, 5.74) is 3.87. The van der Waals surface area contributed by atoms with Gasteiger partial charge in [0, 0.05) is 11.1 Å². The Bertz CT molecular complexity index is 1080. The average Bonchev–Trinajstić information content (AvgIpc) is 2.80. The Labute approximate surface area is 173 Å². The van der Waals surface area contributed by atoms with Gasteiger partial charge in [0.1, 0.15) is 5.70 Å². The first-order chi connectivity index (χ1) is 14.6. The summed E-state index contributed by atoms with van der Waals surface area (Å²) in [6.45, 7) is 0. The summed E-state index contributed by atoms with van der Waals surface area (Å²) in [5.74, 6) is -1.43. The van der Waals surface area contributed by atoms with Crippen molar-refractivity contribution >= 4 is 29.9 Å². The minimum Gasteiger partial charge on any atom is -0.317 e. The number of nitrogens with zero attached hydrogens (tertiary/aromatic N) is 1. The first-order valence-electron chi connectivity index (χ1n) is 9.19. The van der Waals surface area contributed by atoms with Crippen molar-refractivity contribution < 1.29 is 14.4 Å². The summed E-state index contributed by atoms with van der Waals surface area (Å²) >= 11 is 0. The van der Waals surface area contributed by atoms with Gasteiger partial charge < -0.3 is 5.32 Å². The predicted octanol–water partition coefficient (Wildman–Crippen LogP) is 3.44. The summed E-state index contributed by atoms with van der Waals surface area (Å²) in [6, 6.07) is 26.2. The smallest absolute Gasteiger partial charge is 0.287 e. The number of amides is 2. The Morgan fingerprint density at radius 2 is 1.23 bits per heavy atom. The Kier molecular flexibility index (Phi) is 7.00. The van der Waals surface area contributed by atoms with E-state index in [4.69, 9.17) is 0 Å². The molecule has 0 bridgehead atoms. The van der Waals surface area contributed by atoms with Gasteiger partial charge in [-0.05, 0) is 23.8 Å². The van der Waals surface area contributed by atoms with E-state index in [1.165, 1.54) is 6.08 Å². The minimum absolute atomic E-state index is 0.000590. The van der Waals surface area contributed by atoms with Gasteiger partial charge in [-0.1, -0.05) is 78.9 Å². The van der Waals surface area contributed by atoms with Crippen molar-refractivity contribution in [1.29, 1.82) is 0 Å². The lowest BCUT2D eigenvalue weighted by molar-refractivity contribution is -0.117. The molecule has 0 saturated carbocycles. The number of nitrogens with one attached hydrogen (secondary N) is 2. The summed E-state index contributed by atoms with van der Waals surface area (Å²) in [4.78, 5) is 37.2. The second-order valence-corrected chi connectivity index (χ2v) is 6.22. The first-order valence-corrected chi connectivity index (χ1v) is 9.19. The Morgan fingerprint density at radius 1 is 0.700 bits per heavy atom. The van der Waals surface area contributed by atoms with Gasteiger partial charge in [0.05, 0.1) is 6.21 Å². The van der Waals surface area contributed by atoms with Crippen LogP contribution in [-0.2, 0) is 4.79 Å². The van der Waals surface area contributed by atoms with Crippen molar-refractivity contribution in [2.45, 2.75) is 0 Å². The van der Waals surface area contributed by atoms with Gasteiger partial charge in [-0.2, -0.15) is 5.10 Å². The van der Waals surface area contributed by atoms with E-state index in [0.717, 1.165) is 11.8 Å². The third kappa shape index (κ3) is 5.84. The van der Waals surface area contributed by atoms with Gasteiger partial charge in [0.15, 0.2) is 0 Å². The quantitative estimate of drug-likeness (QED) is 0.277. The molecule has 3 aromatic rings. The molecule has 0 unspecified atom stereocenters. The number of hydrazone groups is 1. The van der Waals surface area contributed by atoms with Gasteiger partial charge in [0.2, 0.25) is 5.78 Å². The zero-order valence-electron chi connectivity index (χ0n) is 16.0. The standard InChI is InChI=1S/C24H19N3O3/c28-22(19-12-6-2-7-13-19)17-25-27-24(30)21(16-18-10-4-1-5-11-18)26-23(29)20-14-8-3-9-15-20/h1-17H,(H,26,29)(H,27,30). The maximum absolute atomic E-state index is 12.6. The summed E-state index contributed by atoms with van der Waals surface area (Å²) < 4.78 is 0. The molecule has 0 aromatic heterocycles. The van der Waals surface area contributed by atoms with Crippen LogP contribution in [0.15, 0.2) is 102 Å². The number of hydrogen-bond acceptors (Lipinski definition) is 4. The molecule has 148 valence electrons. The van der Waals surface area contributed by atoms with Crippen molar-refractivity contribution in [3.8, 4) is 0 Å². The molecule has 0 aliphatic heterocycles. The van der Waals surface area contributed by atoms with Gasteiger partial charge >= 0.3 is 0 Å². The highest BCUT2D eigenvalue weighted by atomic mass is 16.2. The highest BCUT2D eigenvalue weighted by Gasteiger charge is 2.14. The summed E-state index contributed by atoms with van der Waals surface area (Å²) in [6.07, 6.45) is 2.55. The van der Waals surface area contributed by atoms with Crippen LogP contribution in [0.3, 0.4) is 0 Å². The molecule has 0 aliphatic carbocycles. The second-order valence-electron chi connectivity index (χ2n) is 6.22. The molecule has 0 saturated heterocycles. The van der Waals surface area contributed by atoms with Crippen LogP contribution in [-0.4, -0.2) is 23.8 Å². The van der Waals surface area contributed by atoms with Crippen LogP contribution in [0.4, 0.5) is 0 Å². The van der Waals surface area contributed by atoms with Crippen LogP contribution in [0, 0.1) is 0 Å². The van der Waals surface area contributed by atoms with E-state index in [0.29, 0.717) is 11.1 Å². The lowest BCUT2D eigenvalue weighted by Gasteiger charge is -2.09. The Hall–Kier alpha value is -4.32. The molecule has 0 atom stereocenters. The third-order valence-corrected chi connectivity index (χ3v) is 4.05. The van der Waals surface area contributed by atoms with Crippen LogP contribution in [0.25, 0.3) is 6.08 Å². The molecule has 6 nitrogen and oxygen atoms in total. The molecular formula is C24H19N3O3. The van der Waals surface area contributed by atoms with Crippen molar-refractivity contribution in [2.24, 2.45) is 5.10 Å². The SMILES string of the molecule is O=C(NN=CC(=O)c1ccccc1)C(=Cc1ccccc1)NC(=O)c1ccccc1. The van der Waals surface area contributed by atoms with Crippen LogP contribution < -0.4 is 10.7 Å². The van der Waals surface area contributed by atoms with Crippen LogP contribution in [0.2, 0.25) is 0 Å². The maximum Gasteiger partial charge on any atom is 0.287 e. The zero-order valence-corrected chi connectivity index (χ0v) is 16.0. The number of rotatable bonds is 7. The van der Waals surface area contributed by atoms with Crippen molar-refractivity contribution in [2.75, 3.05) is 0 Å². The fraction of sp³-hybridized carbons (Fsp3) is 0. The lowest BCUT2D eigenvalue weighted by Crippen LogP contribution is -2.33. The van der Waals surface area contributed by atoms with E-state index in [-0.39, 0.29) is 11.5 Å². The van der Waals surface area contributed by atoms with E-state index in [9.17, 15) is 14.4 Å². The zero-order chi connectivity index (χ0) is 21.2. The summed E-state index contributed by atoms with van der Waals surface area (Å²) in [5, 5.41) is 6.33. The number of benzene rings is 3. The number of carbonyl (C=O) groups excluding carboxylic acids is 3. The number of carbonyl (C=O) groups is 3. The van der Waals surface area contributed by atoms with Crippen LogP contribution >= 0.6 is 0 Å². The van der Waals surface area contributed by atoms with E-state index in [2.05, 4.69) is 15.8 Å². The van der Waals surface area contributed by atoms with E-state index >= 15 is 0 Å². The normalized spacial score (nSPS) is 11.1. The van der Waals surface area contributed by atoms with Gasteiger partial charge in [0.25, 0.3) is 11.8 Å². The molecule has 3 rings (SSSR count). The molecule has 0 radical (unpaired) electrons. The molecular weight excluding hydrogens is 378 g/mol. The largest absolute Gasteiger partial charge is 0.317 e. The Morgan fingerprint density at radius 3 is 1.83 bits per heavy atom. The monoisotopic (exact) mass is 397 g/mol. The Balaban J connectivity index is 1.75. The fourth-order valence-corrected chi connectivity index (χ4v) is 2.55. The van der Waals surface area contributed by atoms with E-state index in [1.54, 1.807) is 72.8 Å². The molecule has 0 heterocycles. The predicted molar refractivity (Wildman–Crippen MR) is 116 cm³/mol. The molecule has 6 heteroatoms. The highest BCUT2D eigenvalue weighted by Crippen LogP contribution is 2.07. The molecule has 0 spiro atoms. The number of hydrogen-bond donors (Lipinski definition) is 2. The third-order valence-electron chi connectivity index (χ3n) is 4.05. The molecule has 0 fully saturated rings. The first kappa shape index (κ1) is 20.4. The summed E-state index contributed by atoms with van der Waals surface area (Å²) in [7, 11) is 0. The van der Waals surface area contributed by atoms with Crippen molar-refractivity contribution in [1.82, 2.24) is 10.7 Å². The van der Waals surface area contributed by atoms with Crippen LogP contribution in [0.5, 0.6) is 0 Å². The van der Waals surface area contributed by atoms with Crippen LogP contribution in [0.1, 0.15) is 26.3 Å². The molecule has 0 aliphatic rings. The molecule has 3 aromatic carbocycles. The molecule has 2 N–H and O–H groups in total. The fourth-order valence-electron chi connectivity index (χ4n) is 2.55. The van der Waals surface area contributed by atoms with Gasteiger partial charge in [-0.3, -0.25) is 14.4 Å². The second kappa shape index (κ2) is 10.3. The van der Waals surface area contributed by atoms with E-state index in [1.807, 2.05) is 18.2 Å². The topological polar surface area (TPSA) is 87.6 Å². The minimum atomic E-state index is -0.653. The molecule has 30 heavy (non-hydrogen) atoms. The maximum atomic E-state index is 12.6.